The molecule has 0 spiro atoms. The molecule has 0 N–H and O–H groups in total. The lowest BCUT2D eigenvalue weighted by Crippen LogP contribution is -2.26. The SMILES string of the molecule is [CH2]C(COC(=O)c1ccccc1)COC1CCCCO1. The third-order valence-electron chi connectivity index (χ3n) is 3.12. The van der Waals surface area contributed by atoms with Crippen LogP contribution in [-0.4, -0.2) is 32.1 Å². The van der Waals surface area contributed by atoms with E-state index < -0.39 is 0 Å². The Bertz CT molecular complexity index is 398. The van der Waals surface area contributed by atoms with Crippen molar-refractivity contribution in [3.05, 3.63) is 42.8 Å². The highest BCUT2D eigenvalue weighted by molar-refractivity contribution is 5.89. The van der Waals surface area contributed by atoms with Crippen LogP contribution in [0.5, 0.6) is 0 Å². The summed E-state index contributed by atoms with van der Waals surface area (Å²) in [5, 5.41) is 0. The van der Waals surface area contributed by atoms with Crippen molar-refractivity contribution in [2.24, 2.45) is 5.92 Å². The van der Waals surface area contributed by atoms with E-state index in [1.54, 1.807) is 12.1 Å². The summed E-state index contributed by atoms with van der Waals surface area (Å²) in [6.07, 6.45) is 3.03. The van der Waals surface area contributed by atoms with Gasteiger partial charge in [0, 0.05) is 12.5 Å². The molecule has 4 heteroatoms. The van der Waals surface area contributed by atoms with E-state index in [0.717, 1.165) is 25.9 Å². The predicted molar refractivity (Wildman–Crippen MR) is 75.1 cm³/mol. The summed E-state index contributed by atoms with van der Waals surface area (Å²) in [6.45, 7) is 5.38. The molecule has 0 saturated carbocycles. The van der Waals surface area contributed by atoms with Gasteiger partial charge in [0.2, 0.25) is 0 Å². The molecule has 0 aromatic heterocycles. The molecule has 1 aromatic rings. The van der Waals surface area contributed by atoms with E-state index >= 15 is 0 Å². The lowest BCUT2D eigenvalue weighted by Gasteiger charge is -2.24. The number of carbonyl (C=O) groups excluding carboxylic acids is 1. The zero-order valence-corrected chi connectivity index (χ0v) is 11.6. The van der Waals surface area contributed by atoms with Crippen LogP contribution < -0.4 is 0 Å². The normalized spacial score (nSPS) is 20.4. The largest absolute Gasteiger partial charge is 0.462 e. The molecule has 1 saturated heterocycles. The van der Waals surface area contributed by atoms with Crippen LogP contribution in [0, 0.1) is 12.8 Å². The van der Waals surface area contributed by atoms with Gasteiger partial charge in [0.15, 0.2) is 6.29 Å². The van der Waals surface area contributed by atoms with Gasteiger partial charge in [-0.05, 0) is 38.3 Å². The molecule has 0 amide bonds. The lowest BCUT2D eigenvalue weighted by molar-refractivity contribution is -0.168. The highest BCUT2D eigenvalue weighted by atomic mass is 16.7. The summed E-state index contributed by atoms with van der Waals surface area (Å²) in [7, 11) is 0. The lowest BCUT2D eigenvalue weighted by atomic mass is 10.2. The molecular weight excluding hydrogens is 256 g/mol. The van der Waals surface area contributed by atoms with Gasteiger partial charge in [0.05, 0.1) is 18.8 Å². The Morgan fingerprint density at radius 3 is 2.80 bits per heavy atom. The Morgan fingerprint density at radius 2 is 2.10 bits per heavy atom. The van der Waals surface area contributed by atoms with E-state index in [4.69, 9.17) is 14.2 Å². The van der Waals surface area contributed by atoms with Gasteiger partial charge in [-0.15, -0.1) is 0 Å². The van der Waals surface area contributed by atoms with Crippen LogP contribution in [0.15, 0.2) is 30.3 Å². The van der Waals surface area contributed by atoms with E-state index in [9.17, 15) is 4.79 Å². The maximum Gasteiger partial charge on any atom is 0.338 e. The second kappa shape index (κ2) is 8.02. The smallest absolute Gasteiger partial charge is 0.338 e. The van der Waals surface area contributed by atoms with Gasteiger partial charge in [-0.25, -0.2) is 4.79 Å². The number of hydrogen-bond acceptors (Lipinski definition) is 4. The quantitative estimate of drug-likeness (QED) is 0.750. The van der Waals surface area contributed by atoms with Crippen molar-refractivity contribution >= 4 is 5.97 Å². The maximum absolute atomic E-state index is 11.7. The summed E-state index contributed by atoms with van der Waals surface area (Å²) in [4.78, 5) is 11.7. The first-order chi connectivity index (χ1) is 9.75. The molecule has 1 aliphatic heterocycles. The number of ether oxygens (including phenoxy) is 3. The summed E-state index contributed by atoms with van der Waals surface area (Å²) < 4.78 is 16.3. The Balaban J connectivity index is 1.64. The predicted octanol–water partition coefficient (Wildman–Crippen LogP) is 2.84. The highest BCUT2D eigenvalue weighted by Gasteiger charge is 2.16. The Morgan fingerprint density at radius 1 is 1.30 bits per heavy atom. The van der Waals surface area contributed by atoms with Crippen LogP contribution in [0.3, 0.4) is 0 Å². The number of esters is 1. The van der Waals surface area contributed by atoms with Crippen molar-refractivity contribution in [3.63, 3.8) is 0 Å². The minimum absolute atomic E-state index is 0.0896. The number of carbonyl (C=O) groups is 1. The number of benzene rings is 1. The van der Waals surface area contributed by atoms with Gasteiger partial charge in [-0.2, -0.15) is 0 Å². The molecule has 2 rings (SSSR count). The first kappa shape index (κ1) is 15.0. The Labute approximate surface area is 120 Å². The van der Waals surface area contributed by atoms with E-state index in [1.807, 2.05) is 18.2 Å². The van der Waals surface area contributed by atoms with Crippen LogP contribution in [0.2, 0.25) is 0 Å². The average molecular weight is 277 g/mol. The minimum atomic E-state index is -0.326. The Kier molecular flexibility index (Phi) is 6.02. The number of rotatable bonds is 6. The molecule has 4 nitrogen and oxygen atoms in total. The van der Waals surface area contributed by atoms with Crippen LogP contribution in [0.1, 0.15) is 29.6 Å². The summed E-state index contributed by atoms with van der Waals surface area (Å²) in [5.41, 5.74) is 0.552. The Hall–Kier alpha value is -1.39. The molecule has 1 fully saturated rings. The summed E-state index contributed by atoms with van der Waals surface area (Å²) in [6, 6.07) is 8.93. The first-order valence-electron chi connectivity index (χ1n) is 7.04. The van der Waals surface area contributed by atoms with E-state index in [-0.39, 0.29) is 24.8 Å². The van der Waals surface area contributed by atoms with Gasteiger partial charge in [0.25, 0.3) is 0 Å². The van der Waals surface area contributed by atoms with Gasteiger partial charge in [-0.1, -0.05) is 18.2 Å². The monoisotopic (exact) mass is 277 g/mol. The maximum atomic E-state index is 11.7. The molecule has 1 aliphatic rings. The second-order valence-electron chi connectivity index (χ2n) is 4.96. The van der Waals surface area contributed by atoms with Crippen molar-refractivity contribution in [1.29, 1.82) is 0 Å². The van der Waals surface area contributed by atoms with Crippen molar-refractivity contribution in [2.45, 2.75) is 25.6 Å². The average Bonchev–Trinajstić information content (AvgIpc) is 2.52. The molecule has 2 atom stereocenters. The standard InChI is InChI=1S/C16H21O4/c1-13(11-19-15-9-5-6-10-18-15)12-20-16(17)14-7-3-2-4-8-14/h2-4,7-8,13,15H,1,5-6,9-12H2. The fourth-order valence-electron chi connectivity index (χ4n) is 1.99. The molecule has 0 bridgehead atoms. The van der Waals surface area contributed by atoms with Gasteiger partial charge in [-0.3, -0.25) is 0 Å². The fourth-order valence-corrected chi connectivity index (χ4v) is 1.99. The minimum Gasteiger partial charge on any atom is -0.462 e. The van der Waals surface area contributed by atoms with Crippen LogP contribution in [0.4, 0.5) is 0 Å². The number of hydrogen-bond donors (Lipinski definition) is 0. The third-order valence-corrected chi connectivity index (χ3v) is 3.12. The molecular formula is C16H21O4. The van der Waals surface area contributed by atoms with Crippen LogP contribution in [-0.2, 0) is 14.2 Å². The highest BCUT2D eigenvalue weighted by Crippen LogP contribution is 2.14. The topological polar surface area (TPSA) is 44.8 Å². The summed E-state index contributed by atoms with van der Waals surface area (Å²) >= 11 is 0. The van der Waals surface area contributed by atoms with E-state index in [0.29, 0.717) is 12.2 Å². The molecule has 1 radical (unpaired) electrons. The van der Waals surface area contributed by atoms with E-state index in [1.165, 1.54) is 0 Å². The molecule has 1 aromatic carbocycles. The molecule has 0 aliphatic carbocycles. The first-order valence-corrected chi connectivity index (χ1v) is 7.04. The molecule has 2 unspecified atom stereocenters. The zero-order chi connectivity index (χ0) is 14.2. The second-order valence-corrected chi connectivity index (χ2v) is 4.96. The van der Waals surface area contributed by atoms with Crippen molar-refractivity contribution < 1.29 is 19.0 Å². The van der Waals surface area contributed by atoms with Gasteiger partial charge in [0.1, 0.15) is 0 Å². The summed E-state index contributed by atoms with van der Waals surface area (Å²) in [5.74, 6) is -0.415. The van der Waals surface area contributed by atoms with E-state index in [2.05, 4.69) is 6.92 Å². The van der Waals surface area contributed by atoms with Crippen molar-refractivity contribution in [2.75, 3.05) is 19.8 Å². The fraction of sp³-hybridized carbons (Fsp3) is 0.500. The zero-order valence-electron chi connectivity index (χ0n) is 11.6. The van der Waals surface area contributed by atoms with Crippen LogP contribution >= 0.6 is 0 Å². The molecule has 109 valence electrons. The van der Waals surface area contributed by atoms with Crippen molar-refractivity contribution in [1.82, 2.24) is 0 Å². The van der Waals surface area contributed by atoms with Gasteiger partial charge < -0.3 is 14.2 Å². The van der Waals surface area contributed by atoms with Crippen LogP contribution in [0.25, 0.3) is 0 Å². The van der Waals surface area contributed by atoms with Crippen molar-refractivity contribution in [3.8, 4) is 0 Å². The van der Waals surface area contributed by atoms with Gasteiger partial charge >= 0.3 is 5.97 Å². The molecule has 20 heavy (non-hydrogen) atoms. The molecule has 1 heterocycles. The third kappa shape index (κ3) is 4.94.